The molecular weight excluding hydrogens is 328 g/mol. The maximum absolute atomic E-state index is 12.4. The standard InChI is InChI=1S/C21H24N2O3/c1-26-21(25)18-6-5-7-19(14-18)22-20(24)17-10-8-16(9-11-17)15-23-12-3-2-4-13-23/h5-11,14H,2-4,12-13,15H2,1H3,(H,22,24). The Morgan fingerprint density at radius 2 is 1.73 bits per heavy atom. The van der Waals surface area contributed by atoms with E-state index in [2.05, 4.69) is 10.2 Å². The van der Waals surface area contributed by atoms with Crippen LogP contribution in [0.1, 0.15) is 45.5 Å². The topological polar surface area (TPSA) is 58.6 Å². The summed E-state index contributed by atoms with van der Waals surface area (Å²) >= 11 is 0. The summed E-state index contributed by atoms with van der Waals surface area (Å²) in [4.78, 5) is 26.5. The summed E-state index contributed by atoms with van der Waals surface area (Å²) in [6, 6.07) is 14.4. The van der Waals surface area contributed by atoms with E-state index in [0.29, 0.717) is 16.8 Å². The van der Waals surface area contributed by atoms with Crippen LogP contribution in [0.4, 0.5) is 5.69 Å². The molecule has 1 amide bonds. The lowest BCUT2D eigenvalue weighted by atomic mass is 10.1. The second-order valence-corrected chi connectivity index (χ2v) is 6.56. The molecule has 5 nitrogen and oxygen atoms in total. The van der Waals surface area contributed by atoms with Crippen LogP contribution in [-0.2, 0) is 11.3 Å². The number of piperidine rings is 1. The average Bonchev–Trinajstić information content (AvgIpc) is 2.69. The Balaban J connectivity index is 1.62. The minimum Gasteiger partial charge on any atom is -0.465 e. The molecule has 3 rings (SSSR count). The molecule has 0 aliphatic carbocycles. The van der Waals surface area contributed by atoms with Crippen LogP contribution >= 0.6 is 0 Å². The quantitative estimate of drug-likeness (QED) is 0.834. The first-order chi connectivity index (χ1) is 12.7. The number of nitrogens with one attached hydrogen (secondary N) is 1. The van der Waals surface area contributed by atoms with Crippen molar-refractivity contribution in [3.05, 3.63) is 65.2 Å². The Morgan fingerprint density at radius 1 is 1.00 bits per heavy atom. The lowest BCUT2D eigenvalue weighted by Crippen LogP contribution is -2.29. The van der Waals surface area contributed by atoms with Crippen LogP contribution in [0.3, 0.4) is 0 Å². The summed E-state index contributed by atoms with van der Waals surface area (Å²) in [6.07, 6.45) is 3.86. The first kappa shape index (κ1) is 18.1. The molecule has 1 aliphatic rings. The highest BCUT2D eigenvalue weighted by atomic mass is 16.5. The highest BCUT2D eigenvalue weighted by Crippen LogP contribution is 2.16. The summed E-state index contributed by atoms with van der Waals surface area (Å²) in [7, 11) is 1.33. The summed E-state index contributed by atoms with van der Waals surface area (Å²) < 4.78 is 4.70. The lowest BCUT2D eigenvalue weighted by molar-refractivity contribution is 0.0600. The predicted octanol–water partition coefficient (Wildman–Crippen LogP) is 3.71. The fraction of sp³-hybridized carbons (Fsp3) is 0.333. The van der Waals surface area contributed by atoms with Crippen molar-refractivity contribution in [3.8, 4) is 0 Å². The molecular formula is C21H24N2O3. The molecule has 2 aromatic carbocycles. The number of likely N-dealkylation sites (tertiary alicyclic amines) is 1. The smallest absolute Gasteiger partial charge is 0.337 e. The molecule has 1 heterocycles. The number of anilines is 1. The molecule has 0 unspecified atom stereocenters. The Morgan fingerprint density at radius 3 is 2.42 bits per heavy atom. The summed E-state index contributed by atoms with van der Waals surface area (Å²) in [5.41, 5.74) is 2.78. The zero-order valence-electron chi connectivity index (χ0n) is 15.0. The van der Waals surface area contributed by atoms with Crippen LogP contribution in [0.15, 0.2) is 48.5 Å². The van der Waals surface area contributed by atoms with Crippen molar-refractivity contribution in [3.63, 3.8) is 0 Å². The van der Waals surface area contributed by atoms with E-state index in [1.807, 2.05) is 24.3 Å². The first-order valence-electron chi connectivity index (χ1n) is 8.97. The lowest BCUT2D eigenvalue weighted by Gasteiger charge is -2.26. The van der Waals surface area contributed by atoms with Crippen LogP contribution < -0.4 is 5.32 Å². The molecule has 26 heavy (non-hydrogen) atoms. The predicted molar refractivity (Wildman–Crippen MR) is 101 cm³/mol. The Hall–Kier alpha value is -2.66. The number of ether oxygens (including phenoxy) is 1. The van der Waals surface area contributed by atoms with E-state index in [-0.39, 0.29) is 5.91 Å². The zero-order valence-corrected chi connectivity index (χ0v) is 15.0. The van der Waals surface area contributed by atoms with Gasteiger partial charge in [0, 0.05) is 17.8 Å². The van der Waals surface area contributed by atoms with Crippen molar-refractivity contribution >= 4 is 17.6 Å². The molecule has 1 fully saturated rings. The van der Waals surface area contributed by atoms with Gasteiger partial charge in [0.25, 0.3) is 5.91 Å². The van der Waals surface area contributed by atoms with Crippen molar-refractivity contribution in [2.45, 2.75) is 25.8 Å². The molecule has 1 N–H and O–H groups in total. The average molecular weight is 352 g/mol. The van der Waals surface area contributed by atoms with Crippen molar-refractivity contribution < 1.29 is 14.3 Å². The molecule has 0 radical (unpaired) electrons. The van der Waals surface area contributed by atoms with Gasteiger partial charge in [0.2, 0.25) is 0 Å². The fourth-order valence-electron chi connectivity index (χ4n) is 3.18. The molecule has 0 aromatic heterocycles. The van der Waals surface area contributed by atoms with E-state index in [0.717, 1.165) is 19.6 Å². The largest absolute Gasteiger partial charge is 0.465 e. The van der Waals surface area contributed by atoms with E-state index < -0.39 is 5.97 Å². The SMILES string of the molecule is COC(=O)c1cccc(NC(=O)c2ccc(CN3CCCCC3)cc2)c1. The number of carbonyl (C=O) groups is 2. The number of hydrogen-bond acceptors (Lipinski definition) is 4. The monoisotopic (exact) mass is 352 g/mol. The number of hydrogen-bond donors (Lipinski definition) is 1. The highest BCUT2D eigenvalue weighted by Gasteiger charge is 2.12. The minimum atomic E-state index is -0.428. The number of esters is 1. The maximum Gasteiger partial charge on any atom is 0.337 e. The van der Waals surface area contributed by atoms with Gasteiger partial charge in [-0.25, -0.2) is 4.79 Å². The molecule has 2 aromatic rings. The third-order valence-electron chi connectivity index (χ3n) is 4.61. The summed E-state index contributed by atoms with van der Waals surface area (Å²) in [5, 5.41) is 2.82. The van der Waals surface area contributed by atoms with E-state index in [9.17, 15) is 9.59 Å². The van der Waals surface area contributed by atoms with Crippen LogP contribution in [0.2, 0.25) is 0 Å². The van der Waals surface area contributed by atoms with Gasteiger partial charge < -0.3 is 10.1 Å². The summed E-state index contributed by atoms with van der Waals surface area (Å²) in [6.45, 7) is 3.24. The highest BCUT2D eigenvalue weighted by molar-refractivity contribution is 6.04. The molecule has 1 aliphatic heterocycles. The first-order valence-corrected chi connectivity index (χ1v) is 8.97. The van der Waals surface area contributed by atoms with Gasteiger partial charge in [-0.05, 0) is 61.8 Å². The number of benzene rings is 2. The summed E-state index contributed by atoms with van der Waals surface area (Å²) in [5.74, 6) is -0.625. The van der Waals surface area contributed by atoms with Crippen molar-refractivity contribution in [2.75, 3.05) is 25.5 Å². The van der Waals surface area contributed by atoms with Gasteiger partial charge in [-0.3, -0.25) is 9.69 Å². The minimum absolute atomic E-state index is 0.198. The van der Waals surface area contributed by atoms with E-state index in [4.69, 9.17) is 4.74 Å². The van der Waals surface area contributed by atoms with Crippen LogP contribution in [0.25, 0.3) is 0 Å². The number of methoxy groups -OCH3 is 1. The number of carbonyl (C=O) groups excluding carboxylic acids is 2. The van der Waals surface area contributed by atoms with Crippen LogP contribution in [0, 0.1) is 0 Å². The molecule has 0 bridgehead atoms. The maximum atomic E-state index is 12.4. The third kappa shape index (κ3) is 4.70. The third-order valence-corrected chi connectivity index (χ3v) is 4.61. The second kappa shape index (κ2) is 8.63. The van der Waals surface area contributed by atoms with Crippen molar-refractivity contribution in [2.24, 2.45) is 0 Å². The second-order valence-electron chi connectivity index (χ2n) is 6.56. The number of amides is 1. The Bertz CT molecular complexity index is 765. The van der Waals surface area contributed by atoms with Gasteiger partial charge in [-0.1, -0.05) is 24.6 Å². The van der Waals surface area contributed by atoms with Crippen molar-refractivity contribution in [1.82, 2.24) is 4.90 Å². The van der Waals surface area contributed by atoms with E-state index in [1.54, 1.807) is 24.3 Å². The molecule has 0 spiro atoms. The van der Waals surface area contributed by atoms with Gasteiger partial charge in [-0.15, -0.1) is 0 Å². The van der Waals surface area contributed by atoms with E-state index >= 15 is 0 Å². The van der Waals surface area contributed by atoms with Gasteiger partial charge in [0.1, 0.15) is 0 Å². The molecule has 5 heteroatoms. The number of rotatable bonds is 5. The fourth-order valence-corrected chi connectivity index (χ4v) is 3.18. The number of nitrogens with zero attached hydrogens (tertiary/aromatic N) is 1. The van der Waals surface area contributed by atoms with Gasteiger partial charge in [0.15, 0.2) is 0 Å². The van der Waals surface area contributed by atoms with Gasteiger partial charge in [-0.2, -0.15) is 0 Å². The molecule has 0 atom stereocenters. The Kier molecular flexibility index (Phi) is 6.02. The molecule has 0 saturated carbocycles. The molecule has 136 valence electrons. The van der Waals surface area contributed by atoms with Gasteiger partial charge in [0.05, 0.1) is 12.7 Å². The van der Waals surface area contributed by atoms with Crippen LogP contribution in [0.5, 0.6) is 0 Å². The molecule has 1 saturated heterocycles. The van der Waals surface area contributed by atoms with Crippen LogP contribution in [-0.4, -0.2) is 37.0 Å². The zero-order chi connectivity index (χ0) is 18.4. The Labute approximate surface area is 154 Å². The van der Waals surface area contributed by atoms with Crippen molar-refractivity contribution in [1.29, 1.82) is 0 Å². The normalized spacial score (nSPS) is 14.7. The van der Waals surface area contributed by atoms with E-state index in [1.165, 1.54) is 31.9 Å². The van der Waals surface area contributed by atoms with Gasteiger partial charge >= 0.3 is 5.97 Å².